The molecule has 0 spiro atoms. The van der Waals surface area contributed by atoms with Crippen molar-refractivity contribution in [1.82, 2.24) is 14.7 Å². The van der Waals surface area contributed by atoms with E-state index < -0.39 is 0 Å². The maximum atomic E-state index is 13.3. The molecule has 1 aliphatic rings. The Morgan fingerprint density at radius 2 is 1.97 bits per heavy atom. The zero-order chi connectivity index (χ0) is 21.8. The highest BCUT2D eigenvalue weighted by molar-refractivity contribution is 5.89. The van der Waals surface area contributed by atoms with Gasteiger partial charge in [0, 0.05) is 37.0 Å². The number of ether oxygens (including phenoxy) is 1. The smallest absolute Gasteiger partial charge is 0.322 e. The first-order chi connectivity index (χ1) is 15.0. The number of nitrogens with one attached hydrogen (secondary N) is 1. The third kappa shape index (κ3) is 4.94. The predicted molar refractivity (Wildman–Crippen MR) is 117 cm³/mol. The third-order valence-corrected chi connectivity index (χ3v) is 5.62. The van der Waals surface area contributed by atoms with Crippen LogP contribution in [0.5, 0.6) is 0 Å². The molecule has 0 aliphatic carbocycles. The second-order valence-electron chi connectivity index (χ2n) is 7.77. The van der Waals surface area contributed by atoms with Crippen molar-refractivity contribution in [3.63, 3.8) is 0 Å². The van der Waals surface area contributed by atoms with Crippen molar-refractivity contribution < 1.29 is 13.9 Å². The summed E-state index contributed by atoms with van der Waals surface area (Å²) in [6.07, 6.45) is 1.71. The van der Waals surface area contributed by atoms with Crippen LogP contribution < -0.4 is 5.32 Å². The van der Waals surface area contributed by atoms with Crippen molar-refractivity contribution in [2.24, 2.45) is 7.05 Å². The number of urea groups is 1. The summed E-state index contributed by atoms with van der Waals surface area (Å²) in [7, 11) is 1.92. The Morgan fingerprint density at radius 1 is 1.16 bits per heavy atom. The highest BCUT2D eigenvalue weighted by atomic mass is 19.1. The maximum Gasteiger partial charge on any atom is 0.322 e. The van der Waals surface area contributed by atoms with Gasteiger partial charge in [-0.05, 0) is 41.8 Å². The van der Waals surface area contributed by atoms with Crippen LogP contribution in [0.3, 0.4) is 0 Å². The van der Waals surface area contributed by atoms with Gasteiger partial charge in [-0.2, -0.15) is 5.10 Å². The van der Waals surface area contributed by atoms with E-state index in [-0.39, 0.29) is 11.8 Å². The minimum Gasteiger partial charge on any atom is -0.370 e. The summed E-state index contributed by atoms with van der Waals surface area (Å²) < 4.78 is 21.0. The summed E-state index contributed by atoms with van der Waals surface area (Å²) >= 11 is 0. The highest BCUT2D eigenvalue weighted by Gasteiger charge is 2.26. The molecule has 0 unspecified atom stereocenters. The van der Waals surface area contributed by atoms with Gasteiger partial charge in [0.05, 0.1) is 25.5 Å². The first-order valence-corrected chi connectivity index (χ1v) is 10.5. The Labute approximate surface area is 181 Å². The quantitative estimate of drug-likeness (QED) is 0.639. The molecule has 1 aliphatic heterocycles. The molecule has 162 valence electrons. The average Bonchev–Trinajstić information content (AvgIpc) is 3.09. The van der Waals surface area contributed by atoms with Crippen molar-refractivity contribution in [3.8, 4) is 0 Å². The number of amides is 2. The minimum absolute atomic E-state index is 0.120. The van der Waals surface area contributed by atoms with E-state index >= 15 is 0 Å². The van der Waals surface area contributed by atoms with Gasteiger partial charge in [0.1, 0.15) is 5.82 Å². The fraction of sp³-hybridized carbons (Fsp3) is 0.333. The fourth-order valence-corrected chi connectivity index (χ4v) is 3.88. The van der Waals surface area contributed by atoms with Crippen molar-refractivity contribution in [1.29, 1.82) is 0 Å². The van der Waals surface area contributed by atoms with Crippen LogP contribution in [0.15, 0.2) is 48.5 Å². The van der Waals surface area contributed by atoms with Crippen LogP contribution in [-0.2, 0) is 44.4 Å². The molecule has 1 N–H and O–H groups in total. The average molecular weight is 423 g/mol. The number of aromatic nitrogens is 2. The Hall–Kier alpha value is -3.19. The van der Waals surface area contributed by atoms with Crippen molar-refractivity contribution in [2.45, 2.75) is 39.5 Å². The lowest BCUT2D eigenvalue weighted by Crippen LogP contribution is -2.39. The zero-order valence-corrected chi connectivity index (χ0v) is 17.9. The lowest BCUT2D eigenvalue weighted by atomic mass is 10.1. The Kier molecular flexibility index (Phi) is 6.32. The zero-order valence-electron chi connectivity index (χ0n) is 17.9. The molecule has 6 nitrogen and oxygen atoms in total. The lowest BCUT2D eigenvalue weighted by molar-refractivity contribution is 0.103. The SMILES string of the molecule is CCc1ccc(NC(=O)N2CCc3c(c(COCc4cccc(F)c4)nn3C)C2)cc1. The van der Waals surface area contributed by atoms with Gasteiger partial charge in [-0.3, -0.25) is 4.68 Å². The van der Waals surface area contributed by atoms with Gasteiger partial charge in [0.2, 0.25) is 0 Å². The maximum absolute atomic E-state index is 13.3. The van der Waals surface area contributed by atoms with Gasteiger partial charge in [-0.1, -0.05) is 31.2 Å². The van der Waals surface area contributed by atoms with E-state index in [0.717, 1.165) is 41.0 Å². The summed E-state index contributed by atoms with van der Waals surface area (Å²) in [6.45, 7) is 3.84. The molecule has 0 atom stereocenters. The predicted octanol–water partition coefficient (Wildman–Crippen LogP) is 4.43. The molecule has 0 saturated carbocycles. The van der Waals surface area contributed by atoms with Crippen molar-refractivity contribution in [2.75, 3.05) is 11.9 Å². The summed E-state index contributed by atoms with van der Waals surface area (Å²) in [5, 5.41) is 7.58. The van der Waals surface area contributed by atoms with E-state index in [0.29, 0.717) is 26.3 Å². The molecule has 0 fully saturated rings. The van der Waals surface area contributed by atoms with E-state index in [1.165, 1.54) is 17.7 Å². The second-order valence-corrected chi connectivity index (χ2v) is 7.77. The van der Waals surface area contributed by atoms with Crippen LogP contribution in [0, 0.1) is 5.82 Å². The van der Waals surface area contributed by atoms with Gasteiger partial charge in [-0.25, -0.2) is 9.18 Å². The second kappa shape index (κ2) is 9.31. The number of fused-ring (bicyclic) bond motifs is 1. The van der Waals surface area contributed by atoms with Crippen LogP contribution in [0.4, 0.5) is 14.9 Å². The molecule has 3 aromatic rings. The summed E-state index contributed by atoms with van der Waals surface area (Å²) in [6, 6.07) is 14.2. The molecular formula is C24H27FN4O2. The van der Waals surface area contributed by atoms with E-state index in [1.54, 1.807) is 11.0 Å². The highest BCUT2D eigenvalue weighted by Crippen LogP contribution is 2.24. The number of anilines is 1. The van der Waals surface area contributed by atoms with Crippen LogP contribution in [0.1, 0.15) is 35.0 Å². The number of rotatable bonds is 6. The first-order valence-electron chi connectivity index (χ1n) is 10.5. The van der Waals surface area contributed by atoms with Crippen molar-refractivity contribution >= 4 is 11.7 Å². The molecule has 7 heteroatoms. The molecule has 2 aromatic carbocycles. The monoisotopic (exact) mass is 422 g/mol. The van der Waals surface area contributed by atoms with Gasteiger partial charge < -0.3 is 15.0 Å². The standard InChI is InChI=1S/C24H27FN4O2/c1-3-17-7-9-20(10-8-17)26-24(30)29-12-11-23-21(14-29)22(27-28(23)2)16-31-15-18-5-4-6-19(25)13-18/h4-10,13H,3,11-12,14-16H2,1-2H3,(H,26,30). The summed E-state index contributed by atoms with van der Waals surface area (Å²) in [5.41, 5.74) is 5.78. The number of carbonyl (C=O) groups excluding carboxylic acids is 1. The number of carbonyl (C=O) groups is 1. The van der Waals surface area contributed by atoms with Gasteiger partial charge >= 0.3 is 6.03 Å². The number of aryl methyl sites for hydroxylation is 2. The molecule has 1 aromatic heterocycles. The molecule has 0 bridgehead atoms. The van der Waals surface area contributed by atoms with Gasteiger partial charge in [0.25, 0.3) is 0 Å². The van der Waals surface area contributed by atoms with Gasteiger partial charge in [-0.15, -0.1) is 0 Å². The van der Waals surface area contributed by atoms with Crippen LogP contribution >= 0.6 is 0 Å². The first kappa shape index (κ1) is 21.1. The van der Waals surface area contributed by atoms with E-state index in [4.69, 9.17) is 4.74 Å². The Bertz CT molecular complexity index is 1060. The van der Waals surface area contributed by atoms with E-state index in [9.17, 15) is 9.18 Å². The number of hydrogen-bond acceptors (Lipinski definition) is 3. The normalized spacial score (nSPS) is 13.2. The Morgan fingerprint density at radius 3 is 2.71 bits per heavy atom. The van der Waals surface area contributed by atoms with Crippen LogP contribution in [-0.4, -0.2) is 27.3 Å². The molecule has 0 saturated heterocycles. The van der Waals surface area contributed by atoms with Gasteiger partial charge in [0.15, 0.2) is 0 Å². The molecule has 2 amide bonds. The fourth-order valence-electron chi connectivity index (χ4n) is 3.88. The van der Waals surface area contributed by atoms with Crippen molar-refractivity contribution in [3.05, 3.63) is 82.4 Å². The molecule has 31 heavy (non-hydrogen) atoms. The Balaban J connectivity index is 1.39. The number of benzene rings is 2. The van der Waals surface area contributed by atoms with E-state index in [1.807, 2.05) is 42.1 Å². The number of nitrogens with zero attached hydrogens (tertiary/aromatic N) is 3. The third-order valence-electron chi connectivity index (χ3n) is 5.62. The van der Waals surface area contributed by atoms with Crippen LogP contribution in [0.2, 0.25) is 0 Å². The summed E-state index contributed by atoms with van der Waals surface area (Å²) in [5.74, 6) is -0.276. The minimum atomic E-state index is -0.276. The number of hydrogen-bond donors (Lipinski definition) is 1. The molecule has 0 radical (unpaired) electrons. The molecular weight excluding hydrogens is 395 g/mol. The molecule has 4 rings (SSSR count). The molecule has 2 heterocycles. The van der Waals surface area contributed by atoms with E-state index in [2.05, 4.69) is 17.3 Å². The number of halogens is 1. The lowest BCUT2D eigenvalue weighted by Gasteiger charge is -2.28. The summed E-state index contributed by atoms with van der Waals surface area (Å²) in [4.78, 5) is 14.6. The topological polar surface area (TPSA) is 59.4 Å². The van der Waals surface area contributed by atoms with Crippen LogP contribution in [0.25, 0.3) is 0 Å². The largest absolute Gasteiger partial charge is 0.370 e.